The zero-order valence-corrected chi connectivity index (χ0v) is 13.1. The van der Waals surface area contributed by atoms with E-state index in [1.807, 2.05) is 13.2 Å². The lowest BCUT2D eigenvalue weighted by Crippen LogP contribution is -2.38. The van der Waals surface area contributed by atoms with Crippen molar-refractivity contribution in [2.75, 3.05) is 25.1 Å². The molecule has 0 aliphatic rings. The van der Waals surface area contributed by atoms with Gasteiger partial charge in [-0.05, 0) is 13.2 Å². The normalized spacial score (nSPS) is 12.6. The van der Waals surface area contributed by atoms with Crippen molar-refractivity contribution in [1.82, 2.24) is 20.4 Å². The number of guanidine groups is 1. The van der Waals surface area contributed by atoms with E-state index in [2.05, 4.69) is 20.7 Å². The van der Waals surface area contributed by atoms with Crippen molar-refractivity contribution in [3.63, 3.8) is 0 Å². The van der Waals surface area contributed by atoms with Crippen LogP contribution in [0.25, 0.3) is 0 Å². The van der Waals surface area contributed by atoms with Crippen LogP contribution in [0.4, 0.5) is 13.2 Å². The zero-order chi connectivity index (χ0) is 15.9. The van der Waals surface area contributed by atoms with Crippen molar-refractivity contribution in [1.29, 1.82) is 0 Å². The van der Waals surface area contributed by atoms with Gasteiger partial charge in [0.2, 0.25) is 0 Å². The molecule has 9 heteroatoms. The van der Waals surface area contributed by atoms with Gasteiger partial charge in [-0.3, -0.25) is 4.68 Å². The molecule has 21 heavy (non-hydrogen) atoms. The summed E-state index contributed by atoms with van der Waals surface area (Å²) in [6.07, 6.45) is -1.13. The van der Waals surface area contributed by atoms with E-state index in [-0.39, 0.29) is 12.1 Å². The van der Waals surface area contributed by atoms with Gasteiger partial charge in [-0.15, -0.1) is 0 Å². The van der Waals surface area contributed by atoms with Gasteiger partial charge in [0.15, 0.2) is 11.7 Å². The minimum Gasteiger partial charge on any atom is -0.357 e. The largest absolute Gasteiger partial charge is 0.435 e. The van der Waals surface area contributed by atoms with E-state index in [0.29, 0.717) is 19.0 Å². The fourth-order valence-electron chi connectivity index (χ4n) is 1.67. The number of aryl methyl sites for hydroxylation is 1. The Morgan fingerprint density at radius 1 is 1.43 bits per heavy atom. The quantitative estimate of drug-likeness (QED) is 0.477. The maximum atomic E-state index is 12.8. The molecule has 0 fully saturated rings. The number of nitrogens with one attached hydrogen (secondary N) is 2. The van der Waals surface area contributed by atoms with Crippen molar-refractivity contribution in [2.45, 2.75) is 19.6 Å². The number of halogens is 3. The molecule has 1 aromatic rings. The van der Waals surface area contributed by atoms with Gasteiger partial charge in [0.25, 0.3) is 0 Å². The van der Waals surface area contributed by atoms with E-state index >= 15 is 0 Å². The van der Waals surface area contributed by atoms with Crippen LogP contribution in [0.1, 0.15) is 18.2 Å². The topological polar surface area (TPSA) is 54.2 Å². The van der Waals surface area contributed by atoms with Crippen LogP contribution >= 0.6 is 11.8 Å². The number of aliphatic imine (C=N–C) groups is 1. The van der Waals surface area contributed by atoms with Crippen LogP contribution in [0.5, 0.6) is 0 Å². The van der Waals surface area contributed by atoms with Crippen molar-refractivity contribution < 1.29 is 13.2 Å². The monoisotopic (exact) mass is 323 g/mol. The minimum absolute atomic E-state index is 0.0621. The highest BCUT2D eigenvalue weighted by molar-refractivity contribution is 7.98. The van der Waals surface area contributed by atoms with Crippen LogP contribution in [0.2, 0.25) is 0 Å². The number of hydrogen-bond acceptors (Lipinski definition) is 3. The number of alkyl halides is 3. The lowest BCUT2D eigenvalue weighted by Gasteiger charge is -2.10. The Hall–Kier alpha value is -1.38. The van der Waals surface area contributed by atoms with Gasteiger partial charge < -0.3 is 10.6 Å². The Balaban J connectivity index is 2.80. The Labute approximate surface area is 126 Å². The van der Waals surface area contributed by atoms with Crippen molar-refractivity contribution in [3.05, 3.63) is 17.5 Å². The summed E-state index contributed by atoms with van der Waals surface area (Å²) in [4.78, 5) is 4.17. The third-order valence-corrected chi connectivity index (χ3v) is 3.14. The second-order valence-corrected chi connectivity index (χ2v) is 5.27. The number of rotatable bonds is 6. The maximum absolute atomic E-state index is 12.8. The van der Waals surface area contributed by atoms with Crippen LogP contribution in [0.15, 0.2) is 11.2 Å². The number of thioether (sulfide) groups is 1. The van der Waals surface area contributed by atoms with Gasteiger partial charge in [0, 0.05) is 37.7 Å². The Kier molecular flexibility index (Phi) is 6.86. The number of aromatic nitrogens is 2. The first kappa shape index (κ1) is 17.7. The summed E-state index contributed by atoms with van der Waals surface area (Å²) in [5.74, 6) is 1.40. The summed E-state index contributed by atoms with van der Waals surface area (Å²) in [6, 6.07) is 0. The zero-order valence-electron chi connectivity index (χ0n) is 12.3. The first-order chi connectivity index (χ1) is 9.88. The van der Waals surface area contributed by atoms with Gasteiger partial charge in [-0.25, -0.2) is 4.99 Å². The molecule has 0 saturated heterocycles. The highest BCUT2D eigenvalue weighted by Crippen LogP contribution is 2.30. The van der Waals surface area contributed by atoms with Crippen LogP contribution in [-0.4, -0.2) is 40.8 Å². The molecular formula is C12H20F3N5S. The number of nitrogens with zero attached hydrogens (tertiary/aromatic N) is 3. The van der Waals surface area contributed by atoms with Crippen LogP contribution in [-0.2, 0) is 19.8 Å². The van der Waals surface area contributed by atoms with E-state index in [0.717, 1.165) is 10.4 Å². The summed E-state index contributed by atoms with van der Waals surface area (Å²) in [5.41, 5.74) is -0.819. The summed E-state index contributed by atoms with van der Waals surface area (Å²) < 4.78 is 39.6. The first-order valence-corrected chi connectivity index (χ1v) is 7.88. The van der Waals surface area contributed by atoms with Gasteiger partial charge in [0.1, 0.15) is 0 Å². The molecule has 0 saturated carbocycles. The molecule has 0 aromatic carbocycles. The molecule has 0 spiro atoms. The van der Waals surface area contributed by atoms with Crippen molar-refractivity contribution in [3.8, 4) is 0 Å². The van der Waals surface area contributed by atoms with Crippen molar-refractivity contribution >= 4 is 17.7 Å². The van der Waals surface area contributed by atoms with Crippen LogP contribution in [0.3, 0.4) is 0 Å². The minimum atomic E-state index is -4.46. The fraction of sp³-hybridized carbons (Fsp3) is 0.667. The molecule has 1 aromatic heterocycles. The second-order valence-electron chi connectivity index (χ2n) is 4.29. The molecule has 120 valence electrons. The summed E-state index contributed by atoms with van der Waals surface area (Å²) in [7, 11) is 1.46. The predicted octanol–water partition coefficient (Wildman–Crippen LogP) is 1.86. The van der Waals surface area contributed by atoms with Gasteiger partial charge >= 0.3 is 6.18 Å². The molecule has 0 amide bonds. The van der Waals surface area contributed by atoms with Gasteiger partial charge in [-0.1, -0.05) is 0 Å². The molecule has 1 heterocycles. The molecule has 0 radical (unpaired) electrons. The molecule has 0 aliphatic carbocycles. The first-order valence-electron chi connectivity index (χ1n) is 6.49. The molecule has 0 atom stereocenters. The highest BCUT2D eigenvalue weighted by atomic mass is 32.2. The third-order valence-electron chi connectivity index (χ3n) is 2.52. The Morgan fingerprint density at radius 2 is 2.14 bits per heavy atom. The van der Waals surface area contributed by atoms with E-state index < -0.39 is 11.9 Å². The van der Waals surface area contributed by atoms with E-state index in [9.17, 15) is 13.2 Å². The van der Waals surface area contributed by atoms with Crippen LogP contribution < -0.4 is 10.6 Å². The molecule has 5 nitrogen and oxygen atoms in total. The molecule has 0 unspecified atom stereocenters. The van der Waals surface area contributed by atoms with Gasteiger partial charge in [0.05, 0.1) is 6.54 Å². The number of hydrogen-bond donors (Lipinski definition) is 2. The molecule has 1 rings (SSSR count). The smallest absolute Gasteiger partial charge is 0.357 e. The lowest BCUT2D eigenvalue weighted by atomic mass is 10.2. The Bertz CT molecular complexity index is 470. The highest BCUT2D eigenvalue weighted by Gasteiger charge is 2.36. The van der Waals surface area contributed by atoms with Crippen LogP contribution in [0, 0.1) is 0 Å². The fourth-order valence-corrected chi connectivity index (χ4v) is 1.98. The second kappa shape index (κ2) is 8.16. The average Bonchev–Trinajstić information content (AvgIpc) is 2.77. The standard InChI is InChI=1S/C12H20F3N5S/c1-4-16-11(17-5-6-21-3)18-7-9-8-20(2)19-10(9)12(13,14)15/h8H,4-7H2,1-3H3,(H2,16,17,18). The van der Waals surface area contributed by atoms with E-state index in [1.54, 1.807) is 11.8 Å². The average molecular weight is 323 g/mol. The summed E-state index contributed by atoms with van der Waals surface area (Å²) in [6.45, 7) is 3.17. The third kappa shape index (κ3) is 5.86. The SMILES string of the molecule is CCNC(=NCc1cn(C)nc1C(F)(F)F)NCCSC. The molecule has 0 aliphatic heterocycles. The maximum Gasteiger partial charge on any atom is 0.435 e. The molecule has 0 bridgehead atoms. The lowest BCUT2D eigenvalue weighted by molar-refractivity contribution is -0.142. The molecular weight excluding hydrogens is 303 g/mol. The van der Waals surface area contributed by atoms with E-state index in [4.69, 9.17) is 0 Å². The summed E-state index contributed by atoms with van der Waals surface area (Å²) in [5, 5.41) is 9.52. The van der Waals surface area contributed by atoms with E-state index in [1.165, 1.54) is 13.2 Å². The predicted molar refractivity (Wildman–Crippen MR) is 79.4 cm³/mol. The molecule has 2 N–H and O–H groups in total. The van der Waals surface area contributed by atoms with Crippen molar-refractivity contribution in [2.24, 2.45) is 12.0 Å². The van der Waals surface area contributed by atoms with Gasteiger partial charge in [-0.2, -0.15) is 30.0 Å². The summed E-state index contributed by atoms with van der Waals surface area (Å²) >= 11 is 1.68. The Morgan fingerprint density at radius 3 is 2.71 bits per heavy atom.